The fourth-order valence-electron chi connectivity index (χ4n) is 0.666. The van der Waals surface area contributed by atoms with Crippen LogP contribution in [0.2, 0.25) is 0 Å². The minimum atomic E-state index is 0. The lowest BCUT2D eigenvalue weighted by Gasteiger charge is -1.92. The Kier molecular flexibility index (Phi) is 5.32. The quantitative estimate of drug-likeness (QED) is 0.614. The monoisotopic (exact) mass is 279 g/mol. The van der Waals surface area contributed by atoms with Crippen molar-refractivity contribution >= 4 is 39.2 Å². The lowest BCUT2D eigenvalue weighted by atomic mass is 10.2. The van der Waals surface area contributed by atoms with Crippen LogP contribution in [0.1, 0.15) is 5.56 Å². The topological polar surface area (TPSA) is 30.0 Å². The van der Waals surface area contributed by atoms with Gasteiger partial charge in [-0.25, -0.2) is 4.98 Å². The first-order valence-electron chi connectivity index (χ1n) is 2.87. The Morgan fingerprint density at radius 3 is 2.91 bits per heavy atom. The molecule has 0 atom stereocenters. The molecule has 0 spiro atoms. The first kappa shape index (κ1) is 10.8. The van der Waals surface area contributed by atoms with Crippen molar-refractivity contribution in [1.29, 1.82) is 0 Å². The number of hydrogen-bond donors (Lipinski definition) is 0. The molecule has 0 aliphatic rings. The first-order chi connectivity index (χ1) is 4.83. The summed E-state index contributed by atoms with van der Waals surface area (Å²) >= 11 is 3.21. The van der Waals surface area contributed by atoms with Gasteiger partial charge in [0.25, 0.3) is 0 Å². The highest BCUT2D eigenvalue weighted by atomic mass is 79.9. The highest BCUT2D eigenvalue weighted by molar-refractivity contribution is 9.10. The van der Waals surface area contributed by atoms with E-state index < -0.39 is 0 Å². The summed E-state index contributed by atoms with van der Waals surface area (Å²) < 4.78 is 0.770. The first-order valence-corrected chi connectivity index (χ1v) is 3.66. The number of pyridine rings is 1. The van der Waals surface area contributed by atoms with Gasteiger partial charge in [0.15, 0.2) is 0 Å². The Morgan fingerprint density at radius 1 is 1.64 bits per heavy atom. The second-order valence-electron chi connectivity index (χ2n) is 1.86. The third-order valence-electron chi connectivity index (χ3n) is 1.11. The van der Waals surface area contributed by atoms with Crippen LogP contribution in [0.15, 0.2) is 22.9 Å². The summed E-state index contributed by atoms with van der Waals surface area (Å²) in [5.41, 5.74) is 0.983. The molecule has 1 rings (SSSR count). The van der Waals surface area contributed by atoms with E-state index in [0.717, 1.165) is 16.5 Å². The maximum atomic E-state index is 10.0. The van der Waals surface area contributed by atoms with Crippen LogP contribution in [0.5, 0.6) is 0 Å². The summed E-state index contributed by atoms with van der Waals surface area (Å²) in [7, 11) is 0. The molecule has 1 heterocycles. The molecule has 1 aromatic rings. The molecule has 0 fully saturated rings. The standard InChI is InChI=1S/C7H6BrNO.BrH/c8-7-5-6(2-4-10)1-3-9-7;/h1,3-5H,2H2;1H. The molecule has 0 amide bonds. The molecular weight excluding hydrogens is 274 g/mol. The molecule has 4 heteroatoms. The Morgan fingerprint density at radius 2 is 2.36 bits per heavy atom. The van der Waals surface area contributed by atoms with E-state index in [0.29, 0.717) is 6.42 Å². The van der Waals surface area contributed by atoms with Gasteiger partial charge in [-0.3, -0.25) is 0 Å². The van der Waals surface area contributed by atoms with E-state index in [1.165, 1.54) is 0 Å². The molecule has 0 saturated heterocycles. The van der Waals surface area contributed by atoms with Crippen LogP contribution in [-0.2, 0) is 11.2 Å². The summed E-state index contributed by atoms with van der Waals surface area (Å²) in [4.78, 5) is 14.0. The van der Waals surface area contributed by atoms with Crippen molar-refractivity contribution in [2.24, 2.45) is 0 Å². The Bertz CT molecular complexity index is 240. The normalized spacial score (nSPS) is 8.45. The maximum Gasteiger partial charge on any atom is 0.124 e. The molecule has 0 aliphatic carbocycles. The molecule has 1 aromatic heterocycles. The average Bonchev–Trinajstić information content (AvgIpc) is 1.88. The molecule has 0 radical (unpaired) electrons. The molecule has 0 unspecified atom stereocenters. The molecule has 0 bridgehead atoms. The predicted molar refractivity (Wildman–Crippen MR) is 52.0 cm³/mol. The van der Waals surface area contributed by atoms with E-state index in [9.17, 15) is 4.79 Å². The van der Waals surface area contributed by atoms with Crippen molar-refractivity contribution in [2.45, 2.75) is 6.42 Å². The van der Waals surface area contributed by atoms with Crippen molar-refractivity contribution in [3.05, 3.63) is 28.5 Å². The van der Waals surface area contributed by atoms with Gasteiger partial charge in [0.2, 0.25) is 0 Å². The van der Waals surface area contributed by atoms with Crippen LogP contribution >= 0.6 is 32.9 Å². The van der Waals surface area contributed by atoms with Crippen molar-refractivity contribution < 1.29 is 4.79 Å². The van der Waals surface area contributed by atoms with Gasteiger partial charge in [-0.15, -0.1) is 17.0 Å². The van der Waals surface area contributed by atoms with Gasteiger partial charge in [-0.1, -0.05) is 0 Å². The van der Waals surface area contributed by atoms with Crippen molar-refractivity contribution in [2.75, 3.05) is 0 Å². The van der Waals surface area contributed by atoms with Crippen molar-refractivity contribution in [1.82, 2.24) is 4.98 Å². The lowest BCUT2D eigenvalue weighted by Crippen LogP contribution is -1.85. The molecule has 2 nitrogen and oxygen atoms in total. The summed E-state index contributed by atoms with van der Waals surface area (Å²) in [5, 5.41) is 0. The molecule has 0 aromatic carbocycles. The number of halogens is 2. The predicted octanol–water partition coefficient (Wildman–Crippen LogP) is 2.16. The van der Waals surface area contributed by atoms with Crippen LogP contribution < -0.4 is 0 Å². The minimum absolute atomic E-state index is 0. The highest BCUT2D eigenvalue weighted by Gasteiger charge is 1.91. The van der Waals surface area contributed by atoms with Gasteiger partial charge in [0.1, 0.15) is 10.9 Å². The van der Waals surface area contributed by atoms with E-state index in [1.807, 2.05) is 12.1 Å². The number of hydrogen-bond acceptors (Lipinski definition) is 2. The van der Waals surface area contributed by atoms with Crippen LogP contribution in [0, 0.1) is 0 Å². The fraction of sp³-hybridized carbons (Fsp3) is 0.143. The van der Waals surface area contributed by atoms with Crippen molar-refractivity contribution in [3.8, 4) is 0 Å². The van der Waals surface area contributed by atoms with Crippen LogP contribution in [0.25, 0.3) is 0 Å². The Hall–Kier alpha value is -0.220. The van der Waals surface area contributed by atoms with Gasteiger partial charge < -0.3 is 4.79 Å². The fourth-order valence-corrected chi connectivity index (χ4v) is 1.08. The minimum Gasteiger partial charge on any atom is -0.303 e. The van der Waals surface area contributed by atoms with Gasteiger partial charge >= 0.3 is 0 Å². The molecule has 0 saturated carbocycles. The third kappa shape index (κ3) is 3.62. The van der Waals surface area contributed by atoms with Crippen molar-refractivity contribution in [3.63, 3.8) is 0 Å². The number of aldehydes is 1. The summed E-state index contributed by atoms with van der Waals surface area (Å²) in [6.45, 7) is 0. The Labute approximate surface area is 83.9 Å². The SMILES string of the molecule is Br.O=CCc1ccnc(Br)c1. The molecule has 0 N–H and O–H groups in total. The number of carbonyl (C=O) groups excluding carboxylic acids is 1. The van der Waals surface area contributed by atoms with E-state index in [1.54, 1.807) is 6.20 Å². The zero-order valence-electron chi connectivity index (χ0n) is 5.66. The van der Waals surface area contributed by atoms with E-state index in [-0.39, 0.29) is 17.0 Å². The number of rotatable bonds is 2. The highest BCUT2D eigenvalue weighted by Crippen LogP contribution is 2.07. The third-order valence-corrected chi connectivity index (χ3v) is 1.54. The van der Waals surface area contributed by atoms with Crippen LogP contribution in [-0.4, -0.2) is 11.3 Å². The molecule has 60 valence electrons. The summed E-state index contributed by atoms with van der Waals surface area (Å²) in [5.74, 6) is 0. The lowest BCUT2D eigenvalue weighted by molar-refractivity contribution is -0.107. The largest absolute Gasteiger partial charge is 0.303 e. The summed E-state index contributed by atoms with van der Waals surface area (Å²) in [6.07, 6.45) is 3.01. The van der Waals surface area contributed by atoms with E-state index in [2.05, 4.69) is 20.9 Å². The van der Waals surface area contributed by atoms with E-state index >= 15 is 0 Å². The number of carbonyl (C=O) groups is 1. The second-order valence-corrected chi connectivity index (χ2v) is 2.67. The van der Waals surface area contributed by atoms with Crippen LogP contribution in [0.3, 0.4) is 0 Å². The number of nitrogens with zero attached hydrogens (tertiary/aromatic N) is 1. The smallest absolute Gasteiger partial charge is 0.124 e. The Balaban J connectivity index is 0.000001000. The van der Waals surface area contributed by atoms with Gasteiger partial charge in [0.05, 0.1) is 0 Å². The summed E-state index contributed by atoms with van der Waals surface area (Å²) in [6, 6.07) is 3.65. The zero-order chi connectivity index (χ0) is 7.40. The molecule has 0 aliphatic heterocycles. The van der Waals surface area contributed by atoms with Gasteiger partial charge in [0, 0.05) is 12.6 Å². The van der Waals surface area contributed by atoms with Gasteiger partial charge in [-0.05, 0) is 33.6 Å². The second kappa shape index (κ2) is 5.43. The maximum absolute atomic E-state index is 10.0. The molecule has 11 heavy (non-hydrogen) atoms. The average molecular weight is 281 g/mol. The molecular formula is C7H7Br2NO. The zero-order valence-corrected chi connectivity index (χ0v) is 8.96. The van der Waals surface area contributed by atoms with Gasteiger partial charge in [-0.2, -0.15) is 0 Å². The number of aromatic nitrogens is 1. The van der Waals surface area contributed by atoms with E-state index in [4.69, 9.17) is 0 Å². The van der Waals surface area contributed by atoms with Crippen LogP contribution in [0.4, 0.5) is 0 Å².